The molecule has 19 heavy (non-hydrogen) atoms. The molecule has 0 heterocycles. The summed E-state index contributed by atoms with van der Waals surface area (Å²) in [4.78, 5) is 25.2. The van der Waals surface area contributed by atoms with Crippen LogP contribution in [0.2, 0.25) is 0 Å². The Bertz CT molecular complexity index is 310. The van der Waals surface area contributed by atoms with Crippen molar-refractivity contribution in [1.29, 1.82) is 0 Å². The number of amides is 2. The van der Waals surface area contributed by atoms with Gasteiger partial charge in [0.2, 0.25) is 5.91 Å². The zero-order valence-corrected chi connectivity index (χ0v) is 13.2. The van der Waals surface area contributed by atoms with E-state index in [1.807, 2.05) is 41.5 Å². The summed E-state index contributed by atoms with van der Waals surface area (Å²) >= 11 is 0. The molecule has 0 aromatic rings. The molecule has 2 atom stereocenters. The highest BCUT2D eigenvalue weighted by atomic mass is 16.6. The molecular formula is C14H28N2O3. The molecule has 0 radical (unpaired) electrons. The molecule has 1 N–H and O–H groups in total. The monoisotopic (exact) mass is 272 g/mol. The van der Waals surface area contributed by atoms with Crippen molar-refractivity contribution >= 4 is 12.0 Å². The van der Waals surface area contributed by atoms with Crippen LogP contribution in [0.15, 0.2) is 0 Å². The molecular weight excluding hydrogens is 244 g/mol. The third kappa shape index (κ3) is 7.03. The molecule has 5 heteroatoms. The standard InChI is InChI=1S/C14H28N2O3/c1-8-10(2)12(17)16(7)11(3)9-15-13(18)19-14(4,5)6/h10-11H,8-9H2,1-7H3,(H,15,18)/t10-,11-/m1/s1. The summed E-state index contributed by atoms with van der Waals surface area (Å²) in [6.45, 7) is 11.6. The van der Waals surface area contributed by atoms with E-state index in [1.54, 1.807) is 11.9 Å². The summed E-state index contributed by atoms with van der Waals surface area (Å²) in [6.07, 6.45) is 0.360. The fraction of sp³-hybridized carbons (Fsp3) is 0.857. The molecule has 0 unspecified atom stereocenters. The summed E-state index contributed by atoms with van der Waals surface area (Å²) in [5.41, 5.74) is -0.508. The van der Waals surface area contributed by atoms with Crippen molar-refractivity contribution in [3.63, 3.8) is 0 Å². The maximum Gasteiger partial charge on any atom is 0.407 e. The number of carbonyl (C=O) groups excluding carboxylic acids is 2. The van der Waals surface area contributed by atoms with Crippen LogP contribution in [0.5, 0.6) is 0 Å². The van der Waals surface area contributed by atoms with Gasteiger partial charge in [0.15, 0.2) is 0 Å². The number of likely N-dealkylation sites (N-methyl/N-ethyl adjacent to an activating group) is 1. The first-order valence-electron chi connectivity index (χ1n) is 6.82. The Balaban J connectivity index is 4.21. The highest BCUT2D eigenvalue weighted by molar-refractivity contribution is 5.78. The van der Waals surface area contributed by atoms with Crippen LogP contribution in [0.3, 0.4) is 0 Å². The minimum Gasteiger partial charge on any atom is -0.444 e. The Morgan fingerprint density at radius 2 is 1.79 bits per heavy atom. The van der Waals surface area contributed by atoms with Gasteiger partial charge in [0.1, 0.15) is 5.60 Å². The van der Waals surface area contributed by atoms with Gasteiger partial charge in [-0.1, -0.05) is 13.8 Å². The van der Waals surface area contributed by atoms with Crippen LogP contribution < -0.4 is 5.32 Å². The summed E-state index contributed by atoms with van der Waals surface area (Å²) in [6, 6.07) is -0.0611. The molecule has 0 aromatic heterocycles. The van der Waals surface area contributed by atoms with Crippen molar-refractivity contribution in [2.24, 2.45) is 5.92 Å². The van der Waals surface area contributed by atoms with Gasteiger partial charge < -0.3 is 15.0 Å². The molecule has 0 rings (SSSR count). The highest BCUT2D eigenvalue weighted by Crippen LogP contribution is 2.09. The Labute approximate surface area is 116 Å². The lowest BCUT2D eigenvalue weighted by molar-refractivity contribution is -0.135. The zero-order chi connectivity index (χ0) is 15.2. The van der Waals surface area contributed by atoms with Crippen LogP contribution in [0.25, 0.3) is 0 Å². The molecule has 0 bridgehead atoms. The molecule has 2 amide bonds. The van der Waals surface area contributed by atoms with Gasteiger partial charge in [-0.3, -0.25) is 4.79 Å². The normalized spacial score (nSPS) is 14.5. The number of nitrogens with one attached hydrogen (secondary N) is 1. The summed E-state index contributed by atoms with van der Waals surface area (Å²) in [5, 5.41) is 2.68. The molecule has 112 valence electrons. The van der Waals surface area contributed by atoms with Gasteiger partial charge in [0.25, 0.3) is 0 Å². The number of alkyl carbamates (subject to hydrolysis) is 1. The van der Waals surface area contributed by atoms with Crippen LogP contribution in [-0.4, -0.2) is 42.1 Å². The van der Waals surface area contributed by atoms with E-state index < -0.39 is 11.7 Å². The SMILES string of the molecule is CC[C@@H](C)C(=O)N(C)[C@H](C)CNC(=O)OC(C)(C)C. The van der Waals surface area contributed by atoms with Crippen LogP contribution in [0, 0.1) is 5.92 Å². The van der Waals surface area contributed by atoms with Crippen LogP contribution in [-0.2, 0) is 9.53 Å². The molecule has 0 aromatic carbocycles. The first-order chi connectivity index (χ1) is 8.58. The zero-order valence-electron chi connectivity index (χ0n) is 13.2. The number of carbonyl (C=O) groups is 2. The van der Waals surface area contributed by atoms with Gasteiger partial charge >= 0.3 is 6.09 Å². The summed E-state index contributed by atoms with van der Waals surface area (Å²) in [7, 11) is 1.76. The van der Waals surface area contributed by atoms with E-state index in [9.17, 15) is 9.59 Å². The van der Waals surface area contributed by atoms with Gasteiger partial charge in [-0.05, 0) is 34.1 Å². The molecule has 0 fully saturated rings. The Kier molecular flexibility index (Phi) is 6.87. The van der Waals surface area contributed by atoms with Crippen molar-refractivity contribution in [3.05, 3.63) is 0 Å². The van der Waals surface area contributed by atoms with Crippen molar-refractivity contribution < 1.29 is 14.3 Å². The quantitative estimate of drug-likeness (QED) is 0.836. The predicted octanol–water partition coefficient (Wildman–Crippen LogP) is 2.40. The van der Waals surface area contributed by atoms with Gasteiger partial charge in [-0.2, -0.15) is 0 Å². The van der Waals surface area contributed by atoms with E-state index in [0.29, 0.717) is 6.54 Å². The third-order valence-corrected chi connectivity index (χ3v) is 2.98. The second-order valence-corrected chi connectivity index (χ2v) is 5.99. The number of ether oxygens (including phenoxy) is 1. The molecule has 0 aliphatic rings. The van der Waals surface area contributed by atoms with E-state index in [4.69, 9.17) is 4.74 Å². The van der Waals surface area contributed by atoms with E-state index in [1.165, 1.54) is 0 Å². The highest BCUT2D eigenvalue weighted by Gasteiger charge is 2.21. The predicted molar refractivity (Wildman–Crippen MR) is 75.9 cm³/mol. The molecule has 5 nitrogen and oxygen atoms in total. The Hall–Kier alpha value is -1.26. The lowest BCUT2D eigenvalue weighted by atomic mass is 10.1. The minimum atomic E-state index is -0.508. The molecule has 0 saturated heterocycles. The number of hydrogen-bond acceptors (Lipinski definition) is 3. The first kappa shape index (κ1) is 17.7. The number of nitrogens with zero attached hydrogens (tertiary/aromatic N) is 1. The summed E-state index contributed by atoms with van der Waals surface area (Å²) in [5.74, 6) is 0.106. The van der Waals surface area contributed by atoms with Crippen LogP contribution >= 0.6 is 0 Å². The fourth-order valence-corrected chi connectivity index (χ4v) is 1.42. The molecule has 0 spiro atoms. The van der Waals surface area contributed by atoms with E-state index in [2.05, 4.69) is 5.32 Å². The maximum atomic E-state index is 12.0. The number of hydrogen-bond donors (Lipinski definition) is 1. The lowest BCUT2D eigenvalue weighted by Crippen LogP contribution is -2.45. The third-order valence-electron chi connectivity index (χ3n) is 2.98. The van der Waals surface area contributed by atoms with E-state index >= 15 is 0 Å². The first-order valence-corrected chi connectivity index (χ1v) is 6.82. The molecule has 0 aliphatic heterocycles. The van der Waals surface area contributed by atoms with Crippen molar-refractivity contribution in [1.82, 2.24) is 10.2 Å². The van der Waals surface area contributed by atoms with E-state index in [0.717, 1.165) is 6.42 Å². The fourth-order valence-electron chi connectivity index (χ4n) is 1.42. The molecule has 0 aliphatic carbocycles. The Morgan fingerprint density at radius 1 is 1.26 bits per heavy atom. The summed E-state index contributed by atoms with van der Waals surface area (Å²) < 4.78 is 5.14. The van der Waals surface area contributed by atoms with Crippen LogP contribution in [0.1, 0.15) is 48.0 Å². The van der Waals surface area contributed by atoms with Gasteiger partial charge in [0.05, 0.1) is 0 Å². The van der Waals surface area contributed by atoms with Gasteiger partial charge in [0, 0.05) is 25.6 Å². The average Bonchev–Trinajstić information content (AvgIpc) is 2.30. The van der Waals surface area contributed by atoms with E-state index in [-0.39, 0.29) is 17.9 Å². The molecule has 0 saturated carbocycles. The number of rotatable bonds is 5. The Morgan fingerprint density at radius 3 is 2.21 bits per heavy atom. The second-order valence-electron chi connectivity index (χ2n) is 5.99. The topological polar surface area (TPSA) is 58.6 Å². The second kappa shape index (κ2) is 7.36. The minimum absolute atomic E-state index is 0.00831. The van der Waals surface area contributed by atoms with Crippen molar-refractivity contribution in [2.45, 2.75) is 59.6 Å². The largest absolute Gasteiger partial charge is 0.444 e. The lowest BCUT2D eigenvalue weighted by Gasteiger charge is -2.28. The van der Waals surface area contributed by atoms with Crippen molar-refractivity contribution in [3.8, 4) is 0 Å². The van der Waals surface area contributed by atoms with Gasteiger partial charge in [-0.25, -0.2) is 4.79 Å². The smallest absolute Gasteiger partial charge is 0.407 e. The average molecular weight is 272 g/mol. The van der Waals surface area contributed by atoms with Gasteiger partial charge in [-0.15, -0.1) is 0 Å². The maximum absolute atomic E-state index is 12.0. The van der Waals surface area contributed by atoms with Crippen molar-refractivity contribution in [2.75, 3.05) is 13.6 Å². The van der Waals surface area contributed by atoms with Crippen LogP contribution in [0.4, 0.5) is 4.79 Å².